The standard InChI is InChI=1S/C19H15ClN4O3/c1-12-18(26)23(19(27)24(12)15-5-3-2-4-6-15)11-17(25)22-14-8-7-13(10-21)16(20)9-14/h2-9,12H,11H2,1H3,(H,22,25). The monoisotopic (exact) mass is 382 g/mol. The molecule has 136 valence electrons. The minimum atomic E-state index is -0.697. The van der Waals surface area contributed by atoms with E-state index in [1.807, 2.05) is 12.1 Å². The van der Waals surface area contributed by atoms with Crippen LogP contribution in [0.2, 0.25) is 5.02 Å². The van der Waals surface area contributed by atoms with Gasteiger partial charge >= 0.3 is 6.03 Å². The number of para-hydroxylation sites is 1. The largest absolute Gasteiger partial charge is 0.332 e. The molecule has 4 amide bonds. The van der Waals surface area contributed by atoms with Gasteiger partial charge in [0.2, 0.25) is 5.91 Å². The fourth-order valence-corrected chi connectivity index (χ4v) is 3.04. The van der Waals surface area contributed by atoms with Crippen LogP contribution in [0.1, 0.15) is 12.5 Å². The molecule has 1 N–H and O–H groups in total. The third-order valence-electron chi connectivity index (χ3n) is 4.16. The number of nitriles is 1. The molecule has 1 heterocycles. The molecule has 0 spiro atoms. The maximum atomic E-state index is 12.6. The van der Waals surface area contributed by atoms with Crippen LogP contribution in [0.5, 0.6) is 0 Å². The Hall–Kier alpha value is -3.37. The number of carbonyl (C=O) groups is 3. The number of carbonyl (C=O) groups excluding carboxylic acids is 3. The van der Waals surface area contributed by atoms with E-state index >= 15 is 0 Å². The lowest BCUT2D eigenvalue weighted by Crippen LogP contribution is -2.39. The Morgan fingerprint density at radius 1 is 1.22 bits per heavy atom. The Kier molecular flexibility index (Phi) is 5.10. The molecule has 0 radical (unpaired) electrons. The Bertz CT molecular complexity index is 955. The molecule has 3 rings (SSSR count). The zero-order valence-electron chi connectivity index (χ0n) is 14.3. The predicted molar refractivity (Wildman–Crippen MR) is 100 cm³/mol. The van der Waals surface area contributed by atoms with Gasteiger partial charge in [-0.15, -0.1) is 0 Å². The van der Waals surface area contributed by atoms with E-state index < -0.39 is 30.4 Å². The second-order valence-electron chi connectivity index (χ2n) is 5.94. The van der Waals surface area contributed by atoms with Gasteiger partial charge in [0.15, 0.2) is 0 Å². The first-order valence-electron chi connectivity index (χ1n) is 8.11. The van der Waals surface area contributed by atoms with Gasteiger partial charge in [0.25, 0.3) is 5.91 Å². The Labute approximate surface area is 160 Å². The molecule has 1 atom stereocenters. The maximum absolute atomic E-state index is 12.6. The fraction of sp³-hybridized carbons (Fsp3) is 0.158. The van der Waals surface area contributed by atoms with Gasteiger partial charge in [0, 0.05) is 11.4 Å². The zero-order chi connectivity index (χ0) is 19.6. The van der Waals surface area contributed by atoms with Crippen LogP contribution in [-0.4, -0.2) is 35.3 Å². The van der Waals surface area contributed by atoms with E-state index in [0.29, 0.717) is 11.4 Å². The highest BCUT2D eigenvalue weighted by atomic mass is 35.5. The molecule has 0 saturated carbocycles. The highest BCUT2D eigenvalue weighted by Gasteiger charge is 2.43. The zero-order valence-corrected chi connectivity index (χ0v) is 15.1. The third-order valence-corrected chi connectivity index (χ3v) is 4.47. The van der Waals surface area contributed by atoms with Crippen molar-refractivity contribution in [3.05, 3.63) is 59.1 Å². The van der Waals surface area contributed by atoms with E-state index in [-0.39, 0.29) is 10.6 Å². The highest BCUT2D eigenvalue weighted by Crippen LogP contribution is 2.25. The number of rotatable bonds is 4. The van der Waals surface area contributed by atoms with Crippen LogP contribution in [0.25, 0.3) is 0 Å². The summed E-state index contributed by atoms with van der Waals surface area (Å²) in [6.07, 6.45) is 0. The fourth-order valence-electron chi connectivity index (χ4n) is 2.82. The minimum absolute atomic E-state index is 0.201. The Morgan fingerprint density at radius 3 is 2.56 bits per heavy atom. The van der Waals surface area contributed by atoms with Crippen LogP contribution >= 0.6 is 11.6 Å². The lowest BCUT2D eigenvalue weighted by molar-refractivity contribution is -0.130. The highest BCUT2D eigenvalue weighted by molar-refractivity contribution is 6.32. The molecular weight excluding hydrogens is 368 g/mol. The van der Waals surface area contributed by atoms with Crippen molar-refractivity contribution in [2.45, 2.75) is 13.0 Å². The second-order valence-corrected chi connectivity index (χ2v) is 6.35. The summed E-state index contributed by atoms with van der Waals surface area (Å²) in [5.41, 5.74) is 1.24. The van der Waals surface area contributed by atoms with Crippen molar-refractivity contribution in [1.82, 2.24) is 4.90 Å². The molecule has 8 heteroatoms. The normalized spacial score (nSPS) is 16.4. The van der Waals surface area contributed by atoms with Gasteiger partial charge in [-0.05, 0) is 37.3 Å². The van der Waals surface area contributed by atoms with Crippen LogP contribution in [0.4, 0.5) is 16.2 Å². The molecule has 0 aromatic heterocycles. The van der Waals surface area contributed by atoms with Crippen molar-refractivity contribution >= 4 is 40.8 Å². The molecular formula is C19H15ClN4O3. The van der Waals surface area contributed by atoms with Crippen molar-refractivity contribution in [2.24, 2.45) is 0 Å². The molecule has 27 heavy (non-hydrogen) atoms. The first-order valence-corrected chi connectivity index (χ1v) is 8.49. The summed E-state index contributed by atoms with van der Waals surface area (Å²) in [5, 5.41) is 11.7. The molecule has 2 aromatic carbocycles. The van der Waals surface area contributed by atoms with Crippen molar-refractivity contribution in [3.8, 4) is 6.07 Å². The van der Waals surface area contributed by atoms with Crippen LogP contribution in [-0.2, 0) is 9.59 Å². The average Bonchev–Trinajstić information content (AvgIpc) is 2.86. The molecule has 1 saturated heterocycles. The van der Waals surface area contributed by atoms with Crippen LogP contribution in [0, 0.1) is 11.3 Å². The average molecular weight is 383 g/mol. The van der Waals surface area contributed by atoms with Crippen molar-refractivity contribution < 1.29 is 14.4 Å². The van der Waals surface area contributed by atoms with Gasteiger partial charge in [-0.3, -0.25) is 19.4 Å². The van der Waals surface area contributed by atoms with Gasteiger partial charge in [-0.25, -0.2) is 4.79 Å². The number of hydrogen-bond donors (Lipinski definition) is 1. The number of anilines is 2. The van der Waals surface area contributed by atoms with Gasteiger partial charge < -0.3 is 5.32 Å². The summed E-state index contributed by atoms with van der Waals surface area (Å²) in [4.78, 5) is 39.7. The van der Waals surface area contributed by atoms with Gasteiger partial charge in [-0.2, -0.15) is 5.26 Å². The van der Waals surface area contributed by atoms with Gasteiger partial charge in [0.1, 0.15) is 18.7 Å². The topological polar surface area (TPSA) is 93.5 Å². The van der Waals surface area contributed by atoms with Crippen LogP contribution in [0.3, 0.4) is 0 Å². The number of nitrogens with one attached hydrogen (secondary N) is 1. The molecule has 2 aromatic rings. The predicted octanol–water partition coefficient (Wildman–Crippen LogP) is 3.01. The maximum Gasteiger partial charge on any atom is 0.332 e. The quantitative estimate of drug-likeness (QED) is 0.822. The van der Waals surface area contributed by atoms with Crippen LogP contribution in [0.15, 0.2) is 48.5 Å². The van der Waals surface area contributed by atoms with E-state index in [9.17, 15) is 14.4 Å². The number of amides is 4. The van der Waals surface area contributed by atoms with Crippen molar-refractivity contribution in [1.29, 1.82) is 5.26 Å². The number of urea groups is 1. The van der Waals surface area contributed by atoms with Crippen molar-refractivity contribution in [2.75, 3.05) is 16.8 Å². The summed E-state index contributed by atoms with van der Waals surface area (Å²) in [6, 6.07) is 13.9. The van der Waals surface area contributed by atoms with E-state index in [1.54, 1.807) is 31.2 Å². The van der Waals surface area contributed by atoms with E-state index in [2.05, 4.69) is 5.32 Å². The molecule has 1 fully saturated rings. The minimum Gasteiger partial charge on any atom is -0.324 e. The first kappa shape index (κ1) is 18.4. The van der Waals surface area contributed by atoms with E-state index in [0.717, 1.165) is 4.90 Å². The summed E-state index contributed by atoms with van der Waals surface area (Å²) < 4.78 is 0. The molecule has 1 aliphatic rings. The molecule has 1 unspecified atom stereocenters. The third kappa shape index (κ3) is 3.61. The Morgan fingerprint density at radius 2 is 1.93 bits per heavy atom. The number of hydrogen-bond acceptors (Lipinski definition) is 4. The number of imide groups is 1. The number of halogens is 1. The summed E-state index contributed by atoms with van der Waals surface area (Å²) >= 11 is 5.94. The molecule has 0 bridgehead atoms. The van der Waals surface area contributed by atoms with E-state index in [1.165, 1.54) is 23.1 Å². The summed E-state index contributed by atoms with van der Waals surface area (Å²) in [7, 11) is 0. The summed E-state index contributed by atoms with van der Waals surface area (Å²) in [5.74, 6) is -0.989. The smallest absolute Gasteiger partial charge is 0.324 e. The molecule has 1 aliphatic heterocycles. The van der Waals surface area contributed by atoms with Crippen molar-refractivity contribution in [3.63, 3.8) is 0 Å². The van der Waals surface area contributed by atoms with Gasteiger partial charge in [0.05, 0.1) is 10.6 Å². The lowest BCUT2D eigenvalue weighted by Gasteiger charge is -2.19. The number of benzene rings is 2. The van der Waals surface area contributed by atoms with Crippen LogP contribution < -0.4 is 10.2 Å². The number of nitrogens with zero attached hydrogens (tertiary/aromatic N) is 3. The Balaban J connectivity index is 1.72. The lowest BCUT2D eigenvalue weighted by atomic mass is 10.2. The second kappa shape index (κ2) is 7.48. The van der Waals surface area contributed by atoms with Gasteiger partial charge in [-0.1, -0.05) is 29.8 Å². The molecule has 7 nitrogen and oxygen atoms in total. The van der Waals surface area contributed by atoms with E-state index in [4.69, 9.17) is 16.9 Å². The summed E-state index contributed by atoms with van der Waals surface area (Å²) in [6.45, 7) is 1.20. The SMILES string of the molecule is CC1C(=O)N(CC(=O)Nc2ccc(C#N)c(Cl)c2)C(=O)N1c1ccccc1. The first-order chi connectivity index (χ1) is 12.9. The molecule has 0 aliphatic carbocycles.